The molecule has 0 saturated heterocycles. The van der Waals surface area contributed by atoms with Crippen LogP contribution in [0.3, 0.4) is 0 Å². The fourth-order valence-corrected chi connectivity index (χ4v) is 1.01. The highest BCUT2D eigenvalue weighted by Gasteiger charge is 2.08. The van der Waals surface area contributed by atoms with Crippen molar-refractivity contribution in [2.24, 2.45) is 0 Å². The van der Waals surface area contributed by atoms with Gasteiger partial charge in [-0.1, -0.05) is 33.3 Å². The van der Waals surface area contributed by atoms with Gasteiger partial charge in [-0.05, 0) is 19.3 Å². The summed E-state index contributed by atoms with van der Waals surface area (Å²) in [5.74, 6) is -0.248. The standard InChI is InChI=1S/C12H20O2/c1-4-7-9-11(6-3)12(13)14-10-8-5-2/h3-5,7-10H2,1-2H3. The summed E-state index contributed by atoms with van der Waals surface area (Å²) >= 11 is 0. The second-order valence-corrected chi connectivity index (χ2v) is 3.25. The Labute approximate surface area is 86.6 Å². The fraction of sp³-hybridized carbons (Fsp3) is 0.667. The van der Waals surface area contributed by atoms with Crippen LogP contribution in [0.5, 0.6) is 0 Å². The minimum atomic E-state index is -0.248. The van der Waals surface area contributed by atoms with Gasteiger partial charge in [-0.3, -0.25) is 0 Å². The van der Waals surface area contributed by atoms with Crippen LogP contribution in [-0.4, -0.2) is 12.6 Å². The molecule has 0 aromatic rings. The molecule has 0 aromatic carbocycles. The quantitative estimate of drug-likeness (QED) is 0.270. The maximum Gasteiger partial charge on any atom is 0.341 e. The molecule has 0 amide bonds. The summed E-state index contributed by atoms with van der Waals surface area (Å²) in [6.45, 7) is 8.16. The molecule has 0 heterocycles. The predicted octanol–water partition coefficient (Wildman–Crippen LogP) is 3.23. The number of rotatable bonds is 7. The Morgan fingerprint density at radius 1 is 1.29 bits per heavy atom. The summed E-state index contributed by atoms with van der Waals surface area (Å²) in [6.07, 6.45) is 4.73. The first-order valence-electron chi connectivity index (χ1n) is 5.32. The summed E-state index contributed by atoms with van der Waals surface area (Å²) < 4.78 is 5.05. The lowest BCUT2D eigenvalue weighted by Crippen LogP contribution is -2.08. The van der Waals surface area contributed by atoms with Crippen LogP contribution < -0.4 is 0 Å². The molecule has 0 unspecified atom stereocenters. The number of ether oxygens (including phenoxy) is 1. The van der Waals surface area contributed by atoms with Crippen molar-refractivity contribution in [2.75, 3.05) is 6.61 Å². The SMILES string of the molecule is C=C=C(CCCC)C(=O)OCCCC. The number of hydrogen-bond acceptors (Lipinski definition) is 2. The van der Waals surface area contributed by atoms with Gasteiger partial charge in [-0.15, -0.1) is 5.73 Å². The first-order chi connectivity index (χ1) is 6.76. The average Bonchev–Trinajstić information content (AvgIpc) is 2.19. The normalized spacial score (nSPS) is 9.29. The Morgan fingerprint density at radius 3 is 2.43 bits per heavy atom. The van der Waals surface area contributed by atoms with Gasteiger partial charge in [0.25, 0.3) is 0 Å². The molecule has 0 aliphatic rings. The van der Waals surface area contributed by atoms with Crippen molar-refractivity contribution in [1.29, 1.82) is 0 Å². The van der Waals surface area contributed by atoms with Crippen LogP contribution in [0.25, 0.3) is 0 Å². The van der Waals surface area contributed by atoms with E-state index in [1.165, 1.54) is 0 Å². The van der Waals surface area contributed by atoms with Crippen LogP contribution >= 0.6 is 0 Å². The van der Waals surface area contributed by atoms with E-state index in [-0.39, 0.29) is 5.97 Å². The molecular formula is C12H20O2. The zero-order chi connectivity index (χ0) is 10.8. The number of unbranched alkanes of at least 4 members (excludes halogenated alkanes) is 2. The highest BCUT2D eigenvalue weighted by atomic mass is 16.5. The van der Waals surface area contributed by atoms with E-state index in [4.69, 9.17) is 4.74 Å². The summed E-state index contributed by atoms with van der Waals surface area (Å²) in [5.41, 5.74) is 3.24. The van der Waals surface area contributed by atoms with Crippen molar-refractivity contribution >= 4 is 5.97 Å². The highest BCUT2D eigenvalue weighted by Crippen LogP contribution is 2.08. The third kappa shape index (κ3) is 5.60. The van der Waals surface area contributed by atoms with E-state index in [0.29, 0.717) is 12.2 Å². The van der Waals surface area contributed by atoms with Crippen LogP contribution in [0.2, 0.25) is 0 Å². The Kier molecular flexibility index (Phi) is 7.96. The highest BCUT2D eigenvalue weighted by molar-refractivity contribution is 5.88. The summed E-state index contributed by atoms with van der Waals surface area (Å²) in [4.78, 5) is 11.4. The molecule has 0 spiro atoms. The minimum absolute atomic E-state index is 0.248. The molecule has 0 atom stereocenters. The number of hydrogen-bond donors (Lipinski definition) is 0. The van der Waals surface area contributed by atoms with Gasteiger partial charge in [-0.25, -0.2) is 4.79 Å². The number of carbonyl (C=O) groups excluding carboxylic acids is 1. The fourth-order valence-electron chi connectivity index (χ4n) is 1.01. The van der Waals surface area contributed by atoms with E-state index in [0.717, 1.165) is 32.1 Å². The molecule has 80 valence electrons. The first kappa shape index (κ1) is 13.0. The first-order valence-corrected chi connectivity index (χ1v) is 5.32. The van der Waals surface area contributed by atoms with Gasteiger partial charge < -0.3 is 4.74 Å². The third-order valence-electron chi connectivity index (χ3n) is 1.97. The van der Waals surface area contributed by atoms with E-state index in [1.807, 2.05) is 0 Å². The Morgan fingerprint density at radius 2 is 1.93 bits per heavy atom. The van der Waals surface area contributed by atoms with Crippen LogP contribution in [0.1, 0.15) is 46.0 Å². The second kappa shape index (κ2) is 8.58. The lowest BCUT2D eigenvalue weighted by molar-refractivity contribution is -0.139. The molecule has 2 heteroatoms. The van der Waals surface area contributed by atoms with Gasteiger partial charge in [0, 0.05) is 0 Å². The summed E-state index contributed by atoms with van der Waals surface area (Å²) in [7, 11) is 0. The monoisotopic (exact) mass is 196 g/mol. The number of carbonyl (C=O) groups is 1. The smallest absolute Gasteiger partial charge is 0.341 e. The Bertz CT molecular complexity index is 212. The lowest BCUT2D eigenvalue weighted by Gasteiger charge is -2.04. The molecule has 0 bridgehead atoms. The van der Waals surface area contributed by atoms with Gasteiger partial charge in [0.1, 0.15) is 0 Å². The maximum absolute atomic E-state index is 11.4. The molecule has 0 fully saturated rings. The molecule has 0 saturated carbocycles. The van der Waals surface area contributed by atoms with Crippen molar-refractivity contribution in [1.82, 2.24) is 0 Å². The lowest BCUT2D eigenvalue weighted by atomic mass is 10.1. The third-order valence-corrected chi connectivity index (χ3v) is 1.97. The van der Waals surface area contributed by atoms with Crippen LogP contribution in [0, 0.1) is 0 Å². The molecule has 0 aliphatic carbocycles. The Balaban J connectivity index is 3.87. The van der Waals surface area contributed by atoms with Crippen LogP contribution in [-0.2, 0) is 9.53 Å². The van der Waals surface area contributed by atoms with E-state index in [1.54, 1.807) is 0 Å². The average molecular weight is 196 g/mol. The van der Waals surface area contributed by atoms with Gasteiger partial charge >= 0.3 is 5.97 Å². The van der Waals surface area contributed by atoms with Crippen molar-refractivity contribution in [3.05, 3.63) is 17.9 Å². The Hall–Kier alpha value is -1.01. The van der Waals surface area contributed by atoms with E-state index < -0.39 is 0 Å². The largest absolute Gasteiger partial charge is 0.462 e. The van der Waals surface area contributed by atoms with Crippen molar-refractivity contribution in [3.63, 3.8) is 0 Å². The van der Waals surface area contributed by atoms with Gasteiger partial charge in [0.05, 0.1) is 12.2 Å². The van der Waals surface area contributed by atoms with Crippen LogP contribution in [0.15, 0.2) is 17.9 Å². The molecule has 14 heavy (non-hydrogen) atoms. The zero-order valence-corrected chi connectivity index (χ0v) is 9.27. The molecule has 0 rings (SSSR count). The summed E-state index contributed by atoms with van der Waals surface area (Å²) in [5, 5.41) is 0. The second-order valence-electron chi connectivity index (χ2n) is 3.25. The summed E-state index contributed by atoms with van der Waals surface area (Å²) in [6, 6.07) is 0. The molecule has 0 radical (unpaired) electrons. The molecule has 0 aromatic heterocycles. The zero-order valence-electron chi connectivity index (χ0n) is 9.27. The maximum atomic E-state index is 11.4. The molecule has 0 aliphatic heterocycles. The van der Waals surface area contributed by atoms with Gasteiger partial charge in [0.15, 0.2) is 0 Å². The van der Waals surface area contributed by atoms with Crippen molar-refractivity contribution in [2.45, 2.75) is 46.0 Å². The molecule has 0 N–H and O–H groups in total. The predicted molar refractivity (Wildman–Crippen MR) is 58.0 cm³/mol. The van der Waals surface area contributed by atoms with Gasteiger partial charge in [0.2, 0.25) is 0 Å². The molecular weight excluding hydrogens is 176 g/mol. The van der Waals surface area contributed by atoms with E-state index >= 15 is 0 Å². The van der Waals surface area contributed by atoms with Gasteiger partial charge in [-0.2, -0.15) is 0 Å². The molecule has 2 nitrogen and oxygen atoms in total. The van der Waals surface area contributed by atoms with Crippen LogP contribution in [0.4, 0.5) is 0 Å². The topological polar surface area (TPSA) is 26.3 Å². The minimum Gasteiger partial charge on any atom is -0.462 e. The number of esters is 1. The van der Waals surface area contributed by atoms with E-state index in [9.17, 15) is 4.79 Å². The van der Waals surface area contributed by atoms with Crippen molar-refractivity contribution < 1.29 is 9.53 Å². The van der Waals surface area contributed by atoms with E-state index in [2.05, 4.69) is 26.2 Å². The van der Waals surface area contributed by atoms with Crippen molar-refractivity contribution in [3.8, 4) is 0 Å².